The van der Waals surface area contributed by atoms with Gasteiger partial charge in [0.2, 0.25) is 0 Å². The molecule has 0 N–H and O–H groups in total. The predicted octanol–water partition coefficient (Wildman–Crippen LogP) is 15.2. The third kappa shape index (κ3) is 17.5. The molecule has 2 aliphatic carbocycles. The van der Waals surface area contributed by atoms with Gasteiger partial charge in [-0.1, -0.05) is 136 Å². The molecule has 2 heterocycles. The molecule has 0 amide bonds. The van der Waals surface area contributed by atoms with E-state index in [2.05, 4.69) is 12.1 Å². The highest BCUT2D eigenvalue weighted by molar-refractivity contribution is 5.83. The number of Topliss-reactive ketones (excluding diaryl/α,β-unsaturated/α-hetero) is 2. The summed E-state index contributed by atoms with van der Waals surface area (Å²) < 4.78 is 23.3. The molecule has 10 nitrogen and oxygen atoms in total. The quantitative estimate of drug-likeness (QED) is 0.0578. The molecule has 10 heteroatoms. The van der Waals surface area contributed by atoms with E-state index in [0.29, 0.717) is 44.3 Å². The fraction of sp³-hybridized carbons (Fsp3) is 0.343. The molecule has 2 aliphatic rings. The molecule has 412 valence electrons. The summed E-state index contributed by atoms with van der Waals surface area (Å²) in [5.41, 5.74) is 11.4. The number of carbonyl (C=O) groups is 2. The number of carbonyl (C=O) groups excluding carboxylic acids is 2. The van der Waals surface area contributed by atoms with Crippen molar-refractivity contribution < 1.29 is 28.5 Å². The SMILES string of the molecule is CC(C)Oc1ccc(CC(=O)Cc2ncc(-c3ccc(OC(C)C)cc3)nc2CC2CCCC2)cc1.O=C(Cc1ccc(OCc2ccccc2)cc1)Cc1ncc(-c2ccc(OCc3ccccc3)cc2)nc1CC1CCCC1. The highest BCUT2D eigenvalue weighted by atomic mass is 16.5. The van der Waals surface area contributed by atoms with Crippen LogP contribution in [0, 0.1) is 11.8 Å². The number of benzene rings is 6. The number of hydrogen-bond acceptors (Lipinski definition) is 10. The van der Waals surface area contributed by atoms with Crippen LogP contribution >= 0.6 is 0 Å². The first kappa shape index (κ1) is 56.7. The van der Waals surface area contributed by atoms with Crippen LogP contribution < -0.4 is 18.9 Å². The molecule has 2 saturated carbocycles. The number of hydrogen-bond donors (Lipinski definition) is 0. The van der Waals surface area contributed by atoms with E-state index in [0.717, 1.165) is 103 Å². The van der Waals surface area contributed by atoms with Crippen molar-refractivity contribution in [3.05, 3.63) is 215 Å². The maximum Gasteiger partial charge on any atom is 0.143 e. The first-order chi connectivity index (χ1) is 39.0. The minimum absolute atomic E-state index is 0.128. The molecule has 0 unspecified atom stereocenters. The first-order valence-electron chi connectivity index (χ1n) is 28.8. The molecule has 0 bridgehead atoms. The Balaban J connectivity index is 0.000000198. The van der Waals surface area contributed by atoms with E-state index >= 15 is 0 Å². The van der Waals surface area contributed by atoms with E-state index in [1.807, 2.05) is 173 Å². The summed E-state index contributed by atoms with van der Waals surface area (Å²) in [6, 6.07) is 51.9. The third-order valence-corrected chi connectivity index (χ3v) is 14.7. The summed E-state index contributed by atoms with van der Waals surface area (Å²) in [5.74, 6) is 4.79. The molecule has 0 atom stereocenters. The summed E-state index contributed by atoms with van der Waals surface area (Å²) in [6.07, 6.45) is 16.9. The zero-order chi connectivity index (χ0) is 55.5. The second kappa shape index (κ2) is 28.8. The van der Waals surface area contributed by atoms with Crippen molar-refractivity contribution in [3.63, 3.8) is 0 Å². The molecule has 80 heavy (non-hydrogen) atoms. The smallest absolute Gasteiger partial charge is 0.143 e. The summed E-state index contributed by atoms with van der Waals surface area (Å²) in [5, 5.41) is 0. The van der Waals surface area contributed by atoms with Crippen LogP contribution in [-0.4, -0.2) is 43.7 Å². The fourth-order valence-corrected chi connectivity index (χ4v) is 10.6. The van der Waals surface area contributed by atoms with E-state index in [9.17, 15) is 9.59 Å². The number of aromatic nitrogens is 4. The van der Waals surface area contributed by atoms with Gasteiger partial charge in [-0.2, -0.15) is 0 Å². The van der Waals surface area contributed by atoms with E-state index in [1.54, 1.807) is 12.4 Å². The van der Waals surface area contributed by atoms with E-state index in [4.69, 9.17) is 38.9 Å². The van der Waals surface area contributed by atoms with Gasteiger partial charge >= 0.3 is 0 Å². The lowest BCUT2D eigenvalue weighted by atomic mass is 9.97. The van der Waals surface area contributed by atoms with Crippen molar-refractivity contribution in [2.24, 2.45) is 11.8 Å². The van der Waals surface area contributed by atoms with Gasteiger partial charge in [0.15, 0.2) is 0 Å². The van der Waals surface area contributed by atoms with Gasteiger partial charge in [0.1, 0.15) is 47.8 Å². The second-order valence-corrected chi connectivity index (χ2v) is 22.0. The van der Waals surface area contributed by atoms with Crippen LogP contribution in [0.3, 0.4) is 0 Å². The van der Waals surface area contributed by atoms with Gasteiger partial charge in [-0.15, -0.1) is 0 Å². The molecule has 6 aromatic carbocycles. The minimum Gasteiger partial charge on any atom is -0.491 e. The van der Waals surface area contributed by atoms with E-state index in [-0.39, 0.29) is 30.2 Å². The largest absolute Gasteiger partial charge is 0.491 e. The topological polar surface area (TPSA) is 123 Å². The Labute approximate surface area is 473 Å². The normalized spacial score (nSPS) is 13.5. The molecule has 2 aromatic heterocycles. The Kier molecular flexibility index (Phi) is 20.4. The van der Waals surface area contributed by atoms with Crippen molar-refractivity contribution in [3.8, 4) is 45.5 Å². The van der Waals surface area contributed by atoms with Gasteiger partial charge in [-0.25, -0.2) is 9.97 Å². The summed E-state index contributed by atoms with van der Waals surface area (Å²) in [7, 11) is 0. The van der Waals surface area contributed by atoms with Crippen LogP contribution in [0.1, 0.15) is 124 Å². The van der Waals surface area contributed by atoms with Gasteiger partial charge in [0.25, 0.3) is 0 Å². The van der Waals surface area contributed by atoms with Crippen molar-refractivity contribution in [1.29, 1.82) is 0 Å². The zero-order valence-electron chi connectivity index (χ0n) is 47.0. The minimum atomic E-state index is 0.128. The monoisotopic (exact) mass is 1070 g/mol. The molecular formula is C70H76N4O6. The second-order valence-electron chi connectivity index (χ2n) is 22.0. The summed E-state index contributed by atoms with van der Waals surface area (Å²) >= 11 is 0. The van der Waals surface area contributed by atoms with Crippen LogP contribution in [0.4, 0.5) is 0 Å². The van der Waals surface area contributed by atoms with E-state index in [1.165, 1.54) is 51.4 Å². The Morgan fingerprint density at radius 2 is 0.762 bits per heavy atom. The Bertz CT molecular complexity index is 3190. The molecule has 0 radical (unpaired) electrons. The zero-order valence-corrected chi connectivity index (χ0v) is 47.0. The van der Waals surface area contributed by atoms with Crippen molar-refractivity contribution >= 4 is 11.6 Å². The highest BCUT2D eigenvalue weighted by Gasteiger charge is 2.23. The fourth-order valence-electron chi connectivity index (χ4n) is 10.6. The third-order valence-electron chi connectivity index (χ3n) is 14.7. The number of ketones is 2. The van der Waals surface area contributed by atoms with Crippen molar-refractivity contribution in [1.82, 2.24) is 19.9 Å². The van der Waals surface area contributed by atoms with Crippen LogP contribution in [0.2, 0.25) is 0 Å². The lowest BCUT2D eigenvalue weighted by Crippen LogP contribution is -2.14. The van der Waals surface area contributed by atoms with Crippen LogP contribution in [0.15, 0.2) is 170 Å². The molecule has 0 spiro atoms. The van der Waals surface area contributed by atoms with Crippen LogP contribution in [0.25, 0.3) is 22.5 Å². The molecule has 10 rings (SSSR count). The highest BCUT2D eigenvalue weighted by Crippen LogP contribution is 2.32. The first-order valence-corrected chi connectivity index (χ1v) is 28.8. The lowest BCUT2D eigenvalue weighted by Gasteiger charge is -2.14. The lowest BCUT2D eigenvalue weighted by molar-refractivity contribution is -0.118. The predicted molar refractivity (Wildman–Crippen MR) is 317 cm³/mol. The molecule has 0 saturated heterocycles. The van der Waals surface area contributed by atoms with Gasteiger partial charge in [-0.3, -0.25) is 19.6 Å². The van der Waals surface area contributed by atoms with Gasteiger partial charge in [0, 0.05) is 24.0 Å². The van der Waals surface area contributed by atoms with Crippen molar-refractivity contribution in [2.45, 2.75) is 143 Å². The summed E-state index contributed by atoms with van der Waals surface area (Å²) in [4.78, 5) is 45.9. The standard InChI is InChI=1S/C39H38N2O3.C31H38N2O3/c42-34(23-30-15-19-35(20-16-30)43-27-31-11-3-1-4-12-31)25-37-38(24-29-9-7-8-10-29)41-39(26-40-37)33-17-21-36(22-18-33)44-28-32-13-5-2-6-14-32;1-21(2)35-27-13-9-24(10-14-27)17-26(34)19-29-30(18-23-7-5-6-8-23)33-31(20-32-29)25-11-15-28(16-12-25)36-22(3)4/h1-6,11-22,26,29H,7-10,23-25,27-28H2;9-16,20-23H,5-8,17-19H2,1-4H3. The van der Waals surface area contributed by atoms with Crippen LogP contribution in [0.5, 0.6) is 23.0 Å². The Hall–Kier alpha value is -7.98. The molecule has 0 aliphatic heterocycles. The molecule has 8 aromatic rings. The van der Waals surface area contributed by atoms with Gasteiger partial charge < -0.3 is 18.9 Å². The number of rotatable bonds is 24. The molecule has 2 fully saturated rings. The Morgan fingerprint density at radius 3 is 1.14 bits per heavy atom. The molecular weight excluding hydrogens is 993 g/mol. The van der Waals surface area contributed by atoms with Gasteiger partial charge in [0.05, 0.1) is 71.6 Å². The summed E-state index contributed by atoms with van der Waals surface area (Å²) in [6.45, 7) is 9.09. The van der Waals surface area contributed by atoms with Crippen molar-refractivity contribution in [2.75, 3.05) is 0 Å². The van der Waals surface area contributed by atoms with E-state index < -0.39 is 0 Å². The maximum atomic E-state index is 13.2. The Morgan fingerprint density at radius 1 is 0.412 bits per heavy atom. The maximum absolute atomic E-state index is 13.2. The number of nitrogens with zero attached hydrogens (tertiary/aromatic N) is 4. The average Bonchev–Trinajstić information content (AvgIpc) is 4.20. The number of ether oxygens (including phenoxy) is 4. The average molecular weight is 1070 g/mol. The van der Waals surface area contributed by atoms with Gasteiger partial charge in [-0.05, 0) is 147 Å². The van der Waals surface area contributed by atoms with Crippen LogP contribution in [-0.2, 0) is 61.3 Å².